The van der Waals surface area contributed by atoms with Crippen LogP contribution in [0.2, 0.25) is 0 Å². The van der Waals surface area contributed by atoms with Crippen LogP contribution in [0.5, 0.6) is 0 Å². The molecule has 1 aromatic rings. The molecule has 0 aromatic heterocycles. The summed E-state index contributed by atoms with van der Waals surface area (Å²) in [4.78, 5) is 38.9. The zero-order valence-corrected chi connectivity index (χ0v) is 49.6. The highest BCUT2D eigenvalue weighted by Gasteiger charge is 2.94. The van der Waals surface area contributed by atoms with Crippen LogP contribution >= 0.6 is 0 Å². The Balaban J connectivity index is 0.875. The Labute approximate surface area is 489 Å². The van der Waals surface area contributed by atoms with E-state index in [2.05, 4.69) is 52.3 Å². The van der Waals surface area contributed by atoms with Gasteiger partial charge < -0.3 is 25.2 Å². The molecule has 9 aliphatic heterocycles. The molecule has 17 atom stereocenters. The minimum absolute atomic E-state index is 0.0470. The van der Waals surface area contributed by atoms with Gasteiger partial charge in [-0.25, -0.2) is 4.79 Å². The maximum absolute atomic E-state index is 17.1. The third-order valence-electron chi connectivity index (χ3n) is 30.6. The molecule has 22 rings (SSSR count). The van der Waals surface area contributed by atoms with Crippen LogP contribution < -0.4 is 5.73 Å². The summed E-state index contributed by atoms with van der Waals surface area (Å²) in [7, 11) is 0. The molecule has 21 aliphatic rings. The van der Waals surface area contributed by atoms with Crippen LogP contribution in [0.4, 0.5) is 0 Å². The molecule has 0 amide bonds. The number of hydrogen-bond donors (Lipinski definition) is 2. The molecule has 0 radical (unpaired) electrons. The number of piperidine rings is 2. The van der Waals surface area contributed by atoms with E-state index in [9.17, 15) is 5.11 Å². The second-order valence-electron chi connectivity index (χ2n) is 32.6. The second-order valence-corrected chi connectivity index (χ2v) is 32.6. The molecule has 10 fully saturated rings. The van der Waals surface area contributed by atoms with Crippen molar-refractivity contribution in [1.29, 1.82) is 0 Å². The lowest BCUT2D eigenvalue weighted by Gasteiger charge is -2.74. The molecule has 7 spiro atoms. The summed E-state index contributed by atoms with van der Waals surface area (Å²) in [5, 5.41) is 14.3. The van der Waals surface area contributed by atoms with Crippen molar-refractivity contribution < 1.29 is 24.2 Å². The highest BCUT2D eigenvalue weighted by atomic mass is 16.6. The van der Waals surface area contributed by atoms with E-state index in [1.54, 1.807) is 16.8 Å². The van der Waals surface area contributed by atoms with Crippen molar-refractivity contribution in [2.24, 2.45) is 103 Å². The first-order valence-electron chi connectivity index (χ1n) is 35.2. The molecule has 12 aliphatic carbocycles. The number of carbonyl (C=O) groups excluding carboxylic acids is 2. The van der Waals surface area contributed by atoms with Crippen LogP contribution in [0, 0.1) is 97.6 Å². The molecule has 8 nitrogen and oxygen atoms in total. The molecule has 7 saturated carbocycles. The lowest BCUT2D eigenvalue weighted by Crippen LogP contribution is -2.78. The van der Waals surface area contributed by atoms with Gasteiger partial charge in [-0.2, -0.15) is 0 Å². The number of nitrogens with two attached hydrogens (primary N) is 1. The Morgan fingerprint density at radius 2 is 1.54 bits per heavy atom. The van der Waals surface area contributed by atoms with Crippen LogP contribution in [0.1, 0.15) is 221 Å². The van der Waals surface area contributed by atoms with Gasteiger partial charge in [0.2, 0.25) is 0 Å². The van der Waals surface area contributed by atoms with Gasteiger partial charge in [-0.3, -0.25) is 9.69 Å². The summed E-state index contributed by atoms with van der Waals surface area (Å²) in [5.41, 5.74) is 13.7. The number of fused-ring (bicyclic) bond motifs is 7. The van der Waals surface area contributed by atoms with E-state index >= 15 is 9.59 Å². The third-order valence-corrected chi connectivity index (χ3v) is 30.6. The van der Waals surface area contributed by atoms with Crippen molar-refractivity contribution in [1.82, 2.24) is 9.80 Å². The molecule has 17 unspecified atom stereocenters. The van der Waals surface area contributed by atoms with Crippen LogP contribution in [-0.2, 0) is 26.3 Å². The molecule has 82 heavy (non-hydrogen) atoms. The van der Waals surface area contributed by atoms with Crippen LogP contribution in [-0.4, -0.2) is 65.1 Å². The molecular weight excluding hydrogens is 1010 g/mol. The van der Waals surface area contributed by atoms with Crippen LogP contribution in [0.25, 0.3) is 0 Å². The normalized spacial score (nSPS) is 46.9. The minimum Gasteiger partial charge on any atom is -0.509 e. The van der Waals surface area contributed by atoms with Crippen molar-refractivity contribution in [3.8, 4) is 0 Å². The highest BCUT2D eigenvalue weighted by Crippen LogP contribution is 2.89. The smallest absolute Gasteiger partial charge is 0.339 e. The number of allylic oxidation sites excluding steroid dienone is 6. The number of carbonyl (C=O) groups is 2. The van der Waals surface area contributed by atoms with E-state index in [1.807, 2.05) is 0 Å². The number of aryl methyl sites for hydroxylation is 1. The van der Waals surface area contributed by atoms with Gasteiger partial charge in [0.1, 0.15) is 11.2 Å². The van der Waals surface area contributed by atoms with E-state index < -0.39 is 16.4 Å². The first-order valence-corrected chi connectivity index (χ1v) is 35.2. The largest absolute Gasteiger partial charge is 0.509 e. The fourth-order valence-electron chi connectivity index (χ4n) is 28.5. The van der Waals surface area contributed by atoms with E-state index in [4.69, 9.17) is 15.2 Å². The number of rotatable bonds is 5. The molecular formula is C74H95N3O5. The van der Waals surface area contributed by atoms with Crippen molar-refractivity contribution in [2.45, 2.75) is 223 Å². The summed E-state index contributed by atoms with van der Waals surface area (Å²) >= 11 is 0. The summed E-state index contributed by atoms with van der Waals surface area (Å²) in [6.45, 7) is 3.93. The third kappa shape index (κ3) is 5.85. The predicted molar refractivity (Wildman–Crippen MR) is 316 cm³/mol. The highest BCUT2D eigenvalue weighted by molar-refractivity contribution is 6.00. The molecule has 3 N–H and O–H groups in total. The fourth-order valence-corrected chi connectivity index (χ4v) is 28.5. The zero-order valence-electron chi connectivity index (χ0n) is 49.6. The maximum Gasteiger partial charge on any atom is 0.339 e. The lowest BCUT2D eigenvalue weighted by molar-refractivity contribution is -0.283. The summed E-state index contributed by atoms with van der Waals surface area (Å²) < 4.78 is 15.1. The first-order chi connectivity index (χ1) is 40.1. The van der Waals surface area contributed by atoms with Crippen LogP contribution in [0.15, 0.2) is 76.4 Å². The van der Waals surface area contributed by atoms with Gasteiger partial charge >= 0.3 is 11.9 Å². The van der Waals surface area contributed by atoms with Crippen molar-refractivity contribution in [3.63, 3.8) is 0 Å². The topological polar surface area (TPSA) is 105 Å². The van der Waals surface area contributed by atoms with E-state index in [1.165, 1.54) is 173 Å². The number of nitrogens with zero attached hydrogens (tertiary/aromatic N) is 2. The summed E-state index contributed by atoms with van der Waals surface area (Å²) in [5.74, 6) is 4.30. The van der Waals surface area contributed by atoms with Gasteiger partial charge in [0.15, 0.2) is 11.4 Å². The quantitative estimate of drug-likeness (QED) is 0.222. The number of esters is 2. The van der Waals surface area contributed by atoms with Crippen molar-refractivity contribution in [3.05, 3.63) is 93.1 Å². The van der Waals surface area contributed by atoms with Crippen molar-refractivity contribution >= 4 is 11.9 Å². The maximum atomic E-state index is 17.1. The molecule has 8 heteroatoms. The molecule has 436 valence electrons. The summed E-state index contributed by atoms with van der Waals surface area (Å²) in [6, 6.07) is 7.27. The van der Waals surface area contributed by atoms with Gasteiger partial charge in [0.05, 0.1) is 11.0 Å². The molecule has 3 saturated heterocycles. The SMILES string of the molecule is NCCCc1cccc2c1C(=O)OC21C2CC(C3CCCCC3)C=CC3C4=C5CCC16C(=C(O)CC(C1CC7(CCCC7)C7(CCCC78CCCC8)C1)N1CC7CC(C1)C1CCC8=C(C5C5C3C=CC3(CCCC3)C5C8)N1C7)OC(=O)C426. The Kier molecular flexibility index (Phi) is 10.7. The van der Waals surface area contributed by atoms with Crippen molar-refractivity contribution in [2.75, 3.05) is 26.2 Å². The Morgan fingerprint density at radius 3 is 2.37 bits per heavy atom. The first kappa shape index (κ1) is 50.5. The van der Waals surface area contributed by atoms with E-state index in [0.29, 0.717) is 101 Å². The van der Waals surface area contributed by atoms with E-state index in [0.717, 1.165) is 50.0 Å². The zero-order chi connectivity index (χ0) is 54.3. The predicted octanol–water partition coefficient (Wildman–Crippen LogP) is 14.9. The summed E-state index contributed by atoms with van der Waals surface area (Å²) in [6.07, 6.45) is 49.9. The average Bonchev–Trinajstić information content (AvgIpc) is 1.86. The number of ether oxygens (including phenoxy) is 2. The number of aliphatic hydroxyl groups is 1. The Morgan fingerprint density at radius 1 is 0.732 bits per heavy atom. The standard InChI is InChI=1S/C74H95N3O5/c75-34-11-16-46-15-10-17-54-60(46)66(79)82-74(54)59-37-47(45-13-2-1-3-14-45)18-20-52-51-22-32-68(24-4-5-25-68)55-36-48-19-21-56-49-35-44-41-76(43-49)57(50-39-70(28-8-9-29-70)71(40-50)31-12-30-69(71)26-6-7-27-69)38-58(78)65-72(74)33-23-53(63(52)73(59,72)67(80)81-65)62(61(51)55)64(48)77(56)42-44/h10,15,17-18,20,22,32,44-45,47,49-52,55-57,59,61-62,78H,1-9,11-14,16,19,21,23-31,33-43,75H2. The molecule has 12 bridgehead atoms. The molecule has 9 heterocycles. The monoisotopic (exact) mass is 1110 g/mol. The Hall–Kier alpha value is -3.62. The fraction of sp³-hybridized carbons (Fsp3) is 0.757. The van der Waals surface area contributed by atoms with Gasteiger partial charge in [-0.05, 0) is 222 Å². The number of hydrogen-bond acceptors (Lipinski definition) is 8. The molecule has 1 aromatic carbocycles. The Bertz CT molecular complexity index is 3100. The van der Waals surface area contributed by atoms with Crippen LogP contribution in [0.3, 0.4) is 0 Å². The lowest BCUT2D eigenvalue weighted by atomic mass is 9.26. The average molecular weight is 1110 g/mol. The second kappa shape index (κ2) is 17.3. The van der Waals surface area contributed by atoms with Gasteiger partial charge in [0.25, 0.3) is 0 Å². The van der Waals surface area contributed by atoms with Gasteiger partial charge in [0, 0.05) is 67.2 Å². The van der Waals surface area contributed by atoms with Gasteiger partial charge in [-0.15, -0.1) is 0 Å². The van der Waals surface area contributed by atoms with Gasteiger partial charge in [-0.1, -0.05) is 118 Å². The minimum atomic E-state index is -1.16. The van der Waals surface area contributed by atoms with E-state index in [-0.39, 0.29) is 53.0 Å². The number of benzene rings is 1. The number of aliphatic hydroxyl groups excluding tert-OH is 1.